The highest BCUT2D eigenvalue weighted by Crippen LogP contribution is 2.14. The van der Waals surface area contributed by atoms with E-state index in [4.69, 9.17) is 5.26 Å². The van der Waals surface area contributed by atoms with Crippen molar-refractivity contribution in [3.05, 3.63) is 16.1 Å². The van der Waals surface area contributed by atoms with Crippen molar-refractivity contribution in [1.82, 2.24) is 10.3 Å². The van der Waals surface area contributed by atoms with E-state index in [-0.39, 0.29) is 6.04 Å². The van der Waals surface area contributed by atoms with Crippen LogP contribution in [-0.4, -0.2) is 11.4 Å². The number of carbonyl (C=O) groups excluding carboxylic acids is 1. The fraction of sp³-hybridized carbons (Fsp3) is 0.286. The van der Waals surface area contributed by atoms with E-state index in [1.165, 1.54) is 11.3 Å². The molecule has 1 rings (SSSR count). The quantitative estimate of drug-likeness (QED) is 0.702. The van der Waals surface area contributed by atoms with Crippen LogP contribution in [0, 0.1) is 11.3 Å². The highest BCUT2D eigenvalue weighted by atomic mass is 32.1. The van der Waals surface area contributed by atoms with E-state index >= 15 is 0 Å². The molecule has 0 aliphatic carbocycles. The molecule has 62 valence electrons. The maximum Gasteiger partial charge on any atom is 0.207 e. The van der Waals surface area contributed by atoms with Gasteiger partial charge < -0.3 is 5.32 Å². The van der Waals surface area contributed by atoms with Gasteiger partial charge in [-0.15, -0.1) is 11.3 Å². The molecule has 1 atom stereocenters. The molecule has 1 amide bonds. The number of nitrogens with zero attached hydrogens (tertiary/aromatic N) is 2. The lowest BCUT2D eigenvalue weighted by Crippen LogP contribution is -2.16. The lowest BCUT2D eigenvalue weighted by molar-refractivity contribution is -0.110. The molecule has 0 aliphatic heterocycles. The predicted molar refractivity (Wildman–Crippen MR) is 44.4 cm³/mol. The van der Waals surface area contributed by atoms with Gasteiger partial charge in [0.1, 0.15) is 6.07 Å². The van der Waals surface area contributed by atoms with Crippen LogP contribution in [0.15, 0.2) is 5.38 Å². The zero-order valence-electron chi connectivity index (χ0n) is 6.44. The molecular weight excluding hydrogens is 174 g/mol. The lowest BCUT2D eigenvalue weighted by atomic mass is 10.3. The van der Waals surface area contributed by atoms with Gasteiger partial charge in [0.25, 0.3) is 0 Å². The number of nitrogens with one attached hydrogen (secondary N) is 1. The number of rotatable bonds is 3. The molecule has 0 spiro atoms. The fourth-order valence-electron chi connectivity index (χ4n) is 0.724. The molecule has 1 aromatic rings. The van der Waals surface area contributed by atoms with E-state index in [1.807, 2.05) is 13.0 Å². The Kier molecular flexibility index (Phi) is 2.77. The van der Waals surface area contributed by atoms with E-state index in [9.17, 15) is 4.79 Å². The van der Waals surface area contributed by atoms with Crippen LogP contribution >= 0.6 is 11.3 Å². The summed E-state index contributed by atoms with van der Waals surface area (Å²) >= 11 is 1.28. The van der Waals surface area contributed by atoms with Crippen LogP contribution in [0.3, 0.4) is 0 Å². The Morgan fingerprint density at radius 3 is 3.17 bits per heavy atom. The summed E-state index contributed by atoms with van der Waals surface area (Å²) < 4.78 is 0. The molecule has 0 saturated carbocycles. The Morgan fingerprint density at radius 1 is 1.92 bits per heavy atom. The summed E-state index contributed by atoms with van der Waals surface area (Å²) in [6.45, 7) is 1.81. The fourth-order valence-corrected chi connectivity index (χ4v) is 1.42. The van der Waals surface area contributed by atoms with Gasteiger partial charge in [-0.05, 0) is 6.92 Å². The minimum atomic E-state index is -0.124. The number of aromatic nitrogens is 1. The summed E-state index contributed by atoms with van der Waals surface area (Å²) in [6.07, 6.45) is 0.621. The molecule has 0 bridgehead atoms. The average molecular weight is 181 g/mol. The van der Waals surface area contributed by atoms with Crippen molar-refractivity contribution in [2.45, 2.75) is 13.0 Å². The SMILES string of the molecule is CC(NC=O)c1csc(C#N)n1. The molecule has 4 nitrogen and oxygen atoms in total. The zero-order chi connectivity index (χ0) is 8.97. The summed E-state index contributed by atoms with van der Waals surface area (Å²) in [4.78, 5) is 14.0. The van der Waals surface area contributed by atoms with Crippen LogP contribution in [0.4, 0.5) is 0 Å². The molecule has 1 unspecified atom stereocenters. The van der Waals surface area contributed by atoms with Gasteiger partial charge in [-0.3, -0.25) is 4.79 Å². The molecule has 1 N–H and O–H groups in total. The van der Waals surface area contributed by atoms with E-state index < -0.39 is 0 Å². The first-order chi connectivity index (χ1) is 5.77. The van der Waals surface area contributed by atoms with Crippen molar-refractivity contribution in [3.8, 4) is 6.07 Å². The maximum absolute atomic E-state index is 10.1. The van der Waals surface area contributed by atoms with Gasteiger partial charge in [-0.25, -0.2) is 4.98 Å². The van der Waals surface area contributed by atoms with Crippen molar-refractivity contribution in [1.29, 1.82) is 5.26 Å². The molecular formula is C7H7N3OS. The molecule has 5 heteroatoms. The van der Waals surface area contributed by atoms with Crippen LogP contribution in [-0.2, 0) is 4.79 Å². The second kappa shape index (κ2) is 3.83. The van der Waals surface area contributed by atoms with Crippen LogP contribution in [0.25, 0.3) is 0 Å². The number of carbonyl (C=O) groups is 1. The van der Waals surface area contributed by atoms with Crippen LogP contribution in [0.1, 0.15) is 23.7 Å². The van der Waals surface area contributed by atoms with Crippen molar-refractivity contribution in [2.24, 2.45) is 0 Å². The third kappa shape index (κ3) is 1.80. The van der Waals surface area contributed by atoms with Gasteiger partial charge in [0, 0.05) is 5.38 Å². The number of nitriles is 1. The smallest absolute Gasteiger partial charge is 0.207 e. The Bertz CT molecular complexity index is 315. The topological polar surface area (TPSA) is 65.8 Å². The molecule has 0 aliphatic rings. The predicted octanol–water partition coefficient (Wildman–Crippen LogP) is 0.822. The highest BCUT2D eigenvalue weighted by Gasteiger charge is 2.07. The van der Waals surface area contributed by atoms with E-state index in [0.717, 1.165) is 5.69 Å². The standard InChI is InChI=1S/C7H7N3OS/c1-5(9-4-11)6-3-12-7(2-8)10-6/h3-5H,1H3,(H,9,11). The van der Waals surface area contributed by atoms with E-state index in [2.05, 4.69) is 10.3 Å². The van der Waals surface area contributed by atoms with Crippen molar-refractivity contribution >= 4 is 17.7 Å². The number of hydrogen-bond donors (Lipinski definition) is 1. The first-order valence-corrected chi connectivity index (χ1v) is 4.21. The molecule has 0 saturated heterocycles. The Hall–Kier alpha value is -1.41. The Balaban J connectivity index is 2.75. The monoisotopic (exact) mass is 181 g/mol. The normalized spacial score (nSPS) is 11.7. The van der Waals surface area contributed by atoms with Gasteiger partial charge in [-0.2, -0.15) is 5.26 Å². The zero-order valence-corrected chi connectivity index (χ0v) is 7.26. The largest absolute Gasteiger partial charge is 0.351 e. The Morgan fingerprint density at radius 2 is 2.67 bits per heavy atom. The second-order valence-electron chi connectivity index (χ2n) is 2.20. The number of thiazole rings is 1. The molecule has 0 aromatic carbocycles. The van der Waals surface area contributed by atoms with Crippen LogP contribution in [0.5, 0.6) is 0 Å². The van der Waals surface area contributed by atoms with Gasteiger partial charge in [-0.1, -0.05) is 0 Å². The first-order valence-electron chi connectivity index (χ1n) is 3.33. The third-order valence-electron chi connectivity index (χ3n) is 1.38. The second-order valence-corrected chi connectivity index (χ2v) is 3.05. The average Bonchev–Trinajstić information content (AvgIpc) is 2.52. The summed E-state index contributed by atoms with van der Waals surface area (Å²) in [6, 6.07) is 1.81. The van der Waals surface area contributed by atoms with Crippen LogP contribution < -0.4 is 5.32 Å². The minimum Gasteiger partial charge on any atom is -0.351 e. The summed E-state index contributed by atoms with van der Waals surface area (Å²) in [7, 11) is 0. The van der Waals surface area contributed by atoms with Crippen molar-refractivity contribution in [3.63, 3.8) is 0 Å². The first kappa shape index (κ1) is 8.68. The number of hydrogen-bond acceptors (Lipinski definition) is 4. The molecule has 1 heterocycles. The molecule has 12 heavy (non-hydrogen) atoms. The molecule has 0 fully saturated rings. The third-order valence-corrected chi connectivity index (χ3v) is 2.14. The van der Waals surface area contributed by atoms with Gasteiger partial charge >= 0.3 is 0 Å². The summed E-state index contributed by atoms with van der Waals surface area (Å²) in [5.41, 5.74) is 0.726. The Labute approximate surface area is 73.9 Å². The lowest BCUT2D eigenvalue weighted by Gasteiger charge is -2.04. The van der Waals surface area contributed by atoms with Crippen LogP contribution in [0.2, 0.25) is 0 Å². The summed E-state index contributed by atoms with van der Waals surface area (Å²) in [5.74, 6) is 0. The number of amides is 1. The van der Waals surface area contributed by atoms with Crippen molar-refractivity contribution in [2.75, 3.05) is 0 Å². The van der Waals surface area contributed by atoms with Gasteiger partial charge in [0.05, 0.1) is 11.7 Å². The van der Waals surface area contributed by atoms with E-state index in [0.29, 0.717) is 11.4 Å². The van der Waals surface area contributed by atoms with Gasteiger partial charge in [0.2, 0.25) is 6.41 Å². The highest BCUT2D eigenvalue weighted by molar-refractivity contribution is 7.10. The molecule has 1 aromatic heterocycles. The van der Waals surface area contributed by atoms with Gasteiger partial charge in [0.15, 0.2) is 5.01 Å². The maximum atomic E-state index is 10.1. The summed E-state index contributed by atoms with van der Waals surface area (Å²) in [5, 5.41) is 13.2. The minimum absolute atomic E-state index is 0.124. The molecule has 0 radical (unpaired) electrons. The van der Waals surface area contributed by atoms with E-state index in [1.54, 1.807) is 5.38 Å². The van der Waals surface area contributed by atoms with Crippen molar-refractivity contribution < 1.29 is 4.79 Å².